The molecule has 1 aromatic heterocycles. The molecule has 1 N–H and O–H groups in total. The molecule has 6 nitrogen and oxygen atoms in total. The maximum absolute atomic E-state index is 13.0. The first-order chi connectivity index (χ1) is 14.1. The van der Waals surface area contributed by atoms with E-state index in [9.17, 15) is 9.59 Å². The minimum Gasteiger partial charge on any atom is -0.383 e. The first-order valence-corrected chi connectivity index (χ1v) is 10.9. The Balaban J connectivity index is 2.28. The third-order valence-electron chi connectivity index (χ3n) is 4.52. The highest BCUT2D eigenvalue weighted by molar-refractivity contribution is 7.12. The molecular weight excluding hydrogens is 398 g/mol. The molecule has 0 aliphatic carbocycles. The van der Waals surface area contributed by atoms with Crippen molar-refractivity contribution in [2.24, 2.45) is 5.41 Å². The summed E-state index contributed by atoms with van der Waals surface area (Å²) in [7, 11) is 5.58. The molecule has 30 heavy (non-hydrogen) atoms. The molecule has 0 saturated heterocycles. The Morgan fingerprint density at radius 3 is 2.47 bits per heavy atom. The molecule has 1 aromatic carbocycles. The summed E-state index contributed by atoms with van der Waals surface area (Å²) in [4.78, 5) is 29.9. The molecule has 0 atom stereocenters. The fraction of sp³-hybridized carbons (Fsp3) is 0.478. The van der Waals surface area contributed by atoms with Crippen molar-refractivity contribution in [3.63, 3.8) is 0 Å². The number of thiophene rings is 1. The number of hydrogen-bond acceptors (Lipinski definition) is 5. The summed E-state index contributed by atoms with van der Waals surface area (Å²) in [5.74, 6) is -0.0362. The van der Waals surface area contributed by atoms with E-state index >= 15 is 0 Å². The second-order valence-corrected chi connectivity index (χ2v) is 9.66. The molecular formula is C23H33N3O3S. The van der Waals surface area contributed by atoms with Crippen molar-refractivity contribution in [3.8, 4) is 0 Å². The van der Waals surface area contributed by atoms with Gasteiger partial charge in [-0.2, -0.15) is 0 Å². The first-order valence-electron chi connectivity index (χ1n) is 10.0. The highest BCUT2D eigenvalue weighted by Crippen LogP contribution is 2.27. The number of carbonyl (C=O) groups is 2. The Bertz CT molecular complexity index is 842. The quantitative estimate of drug-likeness (QED) is 0.636. The molecule has 1 heterocycles. The lowest BCUT2D eigenvalue weighted by Crippen LogP contribution is -2.36. The SMILES string of the molecule is COCCN(Cc1cc(NC(=O)c2cccs2)ccc1N(C)C)C(=O)CC(C)(C)C. The molecule has 0 aliphatic heterocycles. The van der Waals surface area contributed by atoms with E-state index in [2.05, 4.69) is 26.1 Å². The minimum atomic E-state index is -0.131. The van der Waals surface area contributed by atoms with Crippen molar-refractivity contribution < 1.29 is 14.3 Å². The van der Waals surface area contributed by atoms with Gasteiger partial charge in [0.1, 0.15) is 0 Å². The van der Waals surface area contributed by atoms with E-state index in [0.717, 1.165) is 11.3 Å². The number of nitrogens with zero attached hydrogens (tertiary/aromatic N) is 2. The van der Waals surface area contributed by atoms with Crippen molar-refractivity contribution >= 4 is 34.5 Å². The third kappa shape index (κ3) is 7.15. The highest BCUT2D eigenvalue weighted by Gasteiger charge is 2.22. The van der Waals surface area contributed by atoms with Crippen molar-refractivity contribution in [1.82, 2.24) is 4.90 Å². The van der Waals surface area contributed by atoms with Crippen LogP contribution in [0.5, 0.6) is 0 Å². The Morgan fingerprint density at radius 1 is 1.17 bits per heavy atom. The number of hydrogen-bond donors (Lipinski definition) is 1. The zero-order valence-electron chi connectivity index (χ0n) is 18.8. The van der Waals surface area contributed by atoms with E-state index in [4.69, 9.17) is 4.74 Å². The van der Waals surface area contributed by atoms with Gasteiger partial charge < -0.3 is 19.9 Å². The summed E-state index contributed by atoms with van der Waals surface area (Å²) in [6, 6.07) is 9.47. The van der Waals surface area contributed by atoms with Crippen molar-refractivity contribution in [3.05, 3.63) is 46.2 Å². The van der Waals surface area contributed by atoms with E-state index in [0.29, 0.717) is 36.7 Å². The second-order valence-electron chi connectivity index (χ2n) is 8.71. The van der Waals surface area contributed by atoms with Gasteiger partial charge in [-0.1, -0.05) is 26.8 Å². The number of rotatable bonds is 9. The predicted octanol–water partition coefficient (Wildman–Crippen LogP) is 4.48. The van der Waals surface area contributed by atoms with Gasteiger partial charge in [-0.25, -0.2) is 0 Å². The lowest BCUT2D eigenvalue weighted by Gasteiger charge is -2.28. The Morgan fingerprint density at radius 2 is 1.90 bits per heavy atom. The van der Waals surface area contributed by atoms with Crippen LogP contribution in [0.2, 0.25) is 0 Å². The van der Waals surface area contributed by atoms with E-state index in [1.807, 2.05) is 53.5 Å². The number of benzene rings is 1. The molecule has 0 spiro atoms. The smallest absolute Gasteiger partial charge is 0.265 e. The van der Waals surface area contributed by atoms with Crippen LogP contribution in [-0.4, -0.2) is 51.1 Å². The van der Waals surface area contributed by atoms with E-state index in [1.165, 1.54) is 11.3 Å². The zero-order chi connectivity index (χ0) is 22.3. The topological polar surface area (TPSA) is 61.9 Å². The van der Waals surface area contributed by atoms with E-state index in [1.54, 1.807) is 13.2 Å². The van der Waals surface area contributed by atoms with Crippen LogP contribution in [0.25, 0.3) is 0 Å². The average Bonchev–Trinajstić information content (AvgIpc) is 3.18. The van der Waals surface area contributed by atoms with E-state index in [-0.39, 0.29) is 17.2 Å². The third-order valence-corrected chi connectivity index (χ3v) is 5.39. The van der Waals surface area contributed by atoms with Gasteiger partial charge in [-0.15, -0.1) is 11.3 Å². The second kappa shape index (κ2) is 10.6. The van der Waals surface area contributed by atoms with Crippen LogP contribution in [0, 0.1) is 5.41 Å². The standard InChI is InChI=1S/C23H33N3O3S/c1-23(2,3)15-21(27)26(11-12-29-6)16-17-14-18(9-10-19(17)25(4)5)24-22(28)20-8-7-13-30-20/h7-10,13-14H,11-12,15-16H2,1-6H3,(H,24,28). The number of methoxy groups -OCH3 is 1. The van der Waals surface area contributed by atoms with Gasteiger partial charge in [0.05, 0.1) is 11.5 Å². The maximum atomic E-state index is 13.0. The maximum Gasteiger partial charge on any atom is 0.265 e. The van der Waals surface area contributed by atoms with Gasteiger partial charge >= 0.3 is 0 Å². The van der Waals surface area contributed by atoms with E-state index < -0.39 is 0 Å². The molecule has 2 amide bonds. The molecule has 2 aromatic rings. The van der Waals surface area contributed by atoms with Gasteiger partial charge in [-0.3, -0.25) is 9.59 Å². The van der Waals surface area contributed by atoms with Gasteiger partial charge in [0.2, 0.25) is 5.91 Å². The van der Waals surface area contributed by atoms with Gasteiger partial charge in [0.15, 0.2) is 0 Å². The van der Waals surface area contributed by atoms with Crippen molar-refractivity contribution in [2.75, 3.05) is 44.6 Å². The van der Waals surface area contributed by atoms with Crippen LogP contribution in [-0.2, 0) is 16.1 Å². The molecule has 0 radical (unpaired) electrons. The molecule has 0 aliphatic rings. The van der Waals surface area contributed by atoms with Crippen LogP contribution < -0.4 is 10.2 Å². The summed E-state index contributed by atoms with van der Waals surface area (Å²) >= 11 is 1.40. The van der Waals surface area contributed by atoms with Gasteiger partial charge in [-0.05, 0) is 40.6 Å². The van der Waals surface area contributed by atoms with Crippen LogP contribution in [0.3, 0.4) is 0 Å². The van der Waals surface area contributed by atoms with Crippen LogP contribution in [0.1, 0.15) is 42.4 Å². The summed E-state index contributed by atoms with van der Waals surface area (Å²) in [5, 5.41) is 4.84. The number of ether oxygens (including phenoxy) is 1. The summed E-state index contributed by atoms with van der Waals surface area (Å²) in [5.41, 5.74) is 2.60. The van der Waals surface area contributed by atoms with Gasteiger partial charge in [0.25, 0.3) is 5.91 Å². The largest absolute Gasteiger partial charge is 0.383 e. The highest BCUT2D eigenvalue weighted by atomic mass is 32.1. The summed E-state index contributed by atoms with van der Waals surface area (Å²) < 4.78 is 5.23. The molecule has 0 bridgehead atoms. The molecule has 164 valence electrons. The Kier molecular flexibility index (Phi) is 8.43. The number of amides is 2. The number of carbonyl (C=O) groups excluding carboxylic acids is 2. The van der Waals surface area contributed by atoms with Crippen LogP contribution in [0.15, 0.2) is 35.7 Å². The molecule has 0 saturated carbocycles. The zero-order valence-corrected chi connectivity index (χ0v) is 19.6. The monoisotopic (exact) mass is 431 g/mol. The predicted molar refractivity (Wildman–Crippen MR) is 124 cm³/mol. The van der Waals surface area contributed by atoms with Crippen LogP contribution >= 0.6 is 11.3 Å². The number of nitrogens with one attached hydrogen (secondary N) is 1. The fourth-order valence-corrected chi connectivity index (χ4v) is 3.71. The number of anilines is 2. The average molecular weight is 432 g/mol. The normalized spacial score (nSPS) is 11.3. The summed E-state index contributed by atoms with van der Waals surface area (Å²) in [6.07, 6.45) is 0.461. The molecule has 2 rings (SSSR count). The molecule has 7 heteroatoms. The lowest BCUT2D eigenvalue weighted by molar-refractivity contribution is -0.134. The van der Waals surface area contributed by atoms with Crippen LogP contribution in [0.4, 0.5) is 11.4 Å². The Labute approximate surface area is 183 Å². The Hall–Kier alpha value is -2.38. The van der Waals surface area contributed by atoms with Crippen molar-refractivity contribution in [1.29, 1.82) is 0 Å². The van der Waals surface area contributed by atoms with Gasteiger partial charge in [0, 0.05) is 52.1 Å². The summed E-state index contributed by atoms with van der Waals surface area (Å²) in [6.45, 7) is 7.63. The fourth-order valence-electron chi connectivity index (χ4n) is 3.09. The molecule has 0 fully saturated rings. The van der Waals surface area contributed by atoms with Crippen molar-refractivity contribution in [2.45, 2.75) is 33.7 Å². The molecule has 0 unspecified atom stereocenters. The minimum absolute atomic E-state index is 0.0939. The first kappa shape index (κ1) is 23.9. The lowest BCUT2D eigenvalue weighted by atomic mass is 9.91.